The van der Waals surface area contributed by atoms with E-state index in [1.807, 2.05) is 12.1 Å². The molecule has 0 aromatic heterocycles. The van der Waals surface area contributed by atoms with Crippen LogP contribution in [0.15, 0.2) is 84.9 Å². The topological polar surface area (TPSA) is 15.3 Å². The molecule has 2 atom stereocenters. The standard InChI is InChI=1S/C27H29FN2/c28-24-13-11-20(12-14-24)19-29-26-23-15-17-30(18-16-23)27(26)25(21-7-3-1-4-8-21)22-9-5-2-6-10-22/h1-14,23,25-27,29H,15-19H2. The summed E-state index contributed by atoms with van der Waals surface area (Å²) in [4.78, 5) is 2.70. The van der Waals surface area contributed by atoms with Crippen molar-refractivity contribution in [1.82, 2.24) is 10.2 Å². The van der Waals surface area contributed by atoms with Gasteiger partial charge in [-0.15, -0.1) is 0 Å². The summed E-state index contributed by atoms with van der Waals surface area (Å²) in [6, 6.07) is 29.7. The Balaban J connectivity index is 1.48. The number of rotatable bonds is 6. The smallest absolute Gasteiger partial charge is 0.123 e. The van der Waals surface area contributed by atoms with Crippen molar-refractivity contribution in [3.05, 3.63) is 107 Å². The quantitative estimate of drug-likeness (QED) is 0.611. The van der Waals surface area contributed by atoms with E-state index < -0.39 is 0 Å². The van der Waals surface area contributed by atoms with E-state index in [1.54, 1.807) is 12.1 Å². The average Bonchev–Trinajstić information content (AvgIpc) is 2.82. The number of piperidine rings is 3. The number of nitrogens with zero attached hydrogens (tertiary/aromatic N) is 1. The molecule has 3 heterocycles. The van der Waals surface area contributed by atoms with Crippen molar-refractivity contribution in [3.63, 3.8) is 0 Å². The maximum atomic E-state index is 13.3. The fourth-order valence-corrected chi connectivity index (χ4v) is 5.53. The zero-order valence-corrected chi connectivity index (χ0v) is 17.3. The molecule has 3 heteroatoms. The number of hydrogen-bond acceptors (Lipinski definition) is 2. The van der Waals surface area contributed by atoms with E-state index in [4.69, 9.17) is 0 Å². The second kappa shape index (κ2) is 8.71. The van der Waals surface area contributed by atoms with Crippen LogP contribution in [-0.4, -0.2) is 30.1 Å². The van der Waals surface area contributed by atoms with E-state index in [1.165, 1.54) is 37.1 Å². The Kier molecular flexibility index (Phi) is 5.65. The molecule has 1 N–H and O–H groups in total. The van der Waals surface area contributed by atoms with Crippen LogP contribution in [0, 0.1) is 11.7 Å². The Morgan fingerprint density at radius 2 is 1.37 bits per heavy atom. The number of hydrogen-bond donors (Lipinski definition) is 1. The highest BCUT2D eigenvalue weighted by atomic mass is 19.1. The van der Waals surface area contributed by atoms with Crippen LogP contribution in [0.25, 0.3) is 0 Å². The predicted molar refractivity (Wildman–Crippen MR) is 120 cm³/mol. The summed E-state index contributed by atoms with van der Waals surface area (Å²) < 4.78 is 13.3. The van der Waals surface area contributed by atoms with Crippen LogP contribution in [0.2, 0.25) is 0 Å². The highest BCUT2D eigenvalue weighted by molar-refractivity contribution is 5.36. The van der Waals surface area contributed by atoms with E-state index in [9.17, 15) is 4.39 Å². The van der Waals surface area contributed by atoms with Gasteiger partial charge < -0.3 is 5.32 Å². The van der Waals surface area contributed by atoms with E-state index in [-0.39, 0.29) is 5.82 Å². The summed E-state index contributed by atoms with van der Waals surface area (Å²) in [6.07, 6.45) is 2.52. The fraction of sp³-hybridized carbons (Fsp3) is 0.333. The summed E-state index contributed by atoms with van der Waals surface area (Å²) in [6.45, 7) is 3.14. The second-order valence-corrected chi connectivity index (χ2v) is 8.70. The second-order valence-electron chi connectivity index (χ2n) is 8.70. The molecule has 0 radical (unpaired) electrons. The predicted octanol–water partition coefficient (Wildman–Crippen LogP) is 5.21. The minimum atomic E-state index is -0.173. The van der Waals surface area contributed by atoms with Gasteiger partial charge in [0.25, 0.3) is 0 Å². The van der Waals surface area contributed by atoms with Crippen LogP contribution in [-0.2, 0) is 6.54 Å². The first-order chi connectivity index (χ1) is 14.8. The lowest BCUT2D eigenvalue weighted by atomic mass is 9.70. The van der Waals surface area contributed by atoms with Crippen molar-refractivity contribution in [2.75, 3.05) is 13.1 Å². The lowest BCUT2D eigenvalue weighted by molar-refractivity contribution is 0.00468. The van der Waals surface area contributed by atoms with Gasteiger partial charge in [-0.2, -0.15) is 0 Å². The lowest BCUT2D eigenvalue weighted by Gasteiger charge is -2.54. The van der Waals surface area contributed by atoms with Gasteiger partial charge in [-0.3, -0.25) is 4.90 Å². The summed E-state index contributed by atoms with van der Waals surface area (Å²) in [5, 5.41) is 3.89. The molecule has 3 fully saturated rings. The monoisotopic (exact) mass is 400 g/mol. The van der Waals surface area contributed by atoms with E-state index in [0.29, 0.717) is 23.9 Å². The normalized spacial score (nSPS) is 25.5. The molecular formula is C27H29FN2. The maximum Gasteiger partial charge on any atom is 0.123 e. The Morgan fingerprint density at radius 1 is 0.800 bits per heavy atom. The van der Waals surface area contributed by atoms with Crippen LogP contribution in [0.5, 0.6) is 0 Å². The SMILES string of the molecule is Fc1ccc(CNC2C3CCN(CC3)C2C(c2ccccc2)c2ccccc2)cc1. The van der Waals surface area contributed by atoms with Gasteiger partial charge in [-0.05, 0) is 60.7 Å². The van der Waals surface area contributed by atoms with Crippen LogP contribution in [0.3, 0.4) is 0 Å². The average molecular weight is 401 g/mol. The molecule has 6 rings (SSSR count). The molecule has 30 heavy (non-hydrogen) atoms. The van der Waals surface area contributed by atoms with Crippen molar-refractivity contribution in [2.45, 2.75) is 37.4 Å². The molecule has 0 spiro atoms. The van der Waals surface area contributed by atoms with E-state index in [0.717, 1.165) is 12.1 Å². The first-order valence-electron chi connectivity index (χ1n) is 11.1. The van der Waals surface area contributed by atoms with Crippen molar-refractivity contribution >= 4 is 0 Å². The lowest BCUT2D eigenvalue weighted by Crippen LogP contribution is -2.64. The molecule has 2 unspecified atom stereocenters. The summed E-state index contributed by atoms with van der Waals surface area (Å²) in [5.41, 5.74) is 3.91. The van der Waals surface area contributed by atoms with Gasteiger partial charge in [0.1, 0.15) is 5.82 Å². The van der Waals surface area contributed by atoms with Crippen molar-refractivity contribution in [1.29, 1.82) is 0 Å². The highest BCUT2D eigenvalue weighted by Crippen LogP contribution is 2.42. The molecule has 154 valence electrons. The Hall–Kier alpha value is -2.49. The van der Waals surface area contributed by atoms with Crippen LogP contribution in [0.4, 0.5) is 4.39 Å². The molecule has 3 aromatic rings. The number of halogens is 1. The number of nitrogens with one attached hydrogen (secondary N) is 1. The third kappa shape index (κ3) is 3.92. The van der Waals surface area contributed by atoms with Crippen molar-refractivity contribution in [3.8, 4) is 0 Å². The van der Waals surface area contributed by atoms with Crippen LogP contribution >= 0.6 is 0 Å². The number of fused-ring (bicyclic) bond motifs is 3. The Bertz CT molecular complexity index is 894. The Labute approximate surface area is 178 Å². The maximum absolute atomic E-state index is 13.3. The molecular weight excluding hydrogens is 371 g/mol. The summed E-state index contributed by atoms with van der Waals surface area (Å²) in [5.74, 6) is 0.851. The third-order valence-electron chi connectivity index (χ3n) is 6.99. The summed E-state index contributed by atoms with van der Waals surface area (Å²) in [7, 11) is 0. The zero-order valence-electron chi connectivity index (χ0n) is 17.3. The first-order valence-corrected chi connectivity index (χ1v) is 11.1. The molecule has 2 bridgehead atoms. The highest BCUT2D eigenvalue weighted by Gasteiger charge is 2.46. The van der Waals surface area contributed by atoms with E-state index in [2.05, 4.69) is 70.9 Å². The first kappa shape index (κ1) is 19.5. The molecule has 3 aliphatic heterocycles. The largest absolute Gasteiger partial charge is 0.308 e. The van der Waals surface area contributed by atoms with Gasteiger partial charge in [0.15, 0.2) is 0 Å². The zero-order chi connectivity index (χ0) is 20.3. The van der Waals surface area contributed by atoms with Gasteiger partial charge in [-0.1, -0.05) is 72.8 Å². The van der Waals surface area contributed by atoms with Crippen LogP contribution < -0.4 is 5.32 Å². The molecule has 3 aromatic carbocycles. The number of benzene rings is 3. The molecule has 0 aliphatic carbocycles. The van der Waals surface area contributed by atoms with Crippen molar-refractivity contribution in [2.24, 2.45) is 5.92 Å². The fourth-order valence-electron chi connectivity index (χ4n) is 5.53. The molecule has 2 nitrogen and oxygen atoms in total. The molecule has 0 saturated carbocycles. The Morgan fingerprint density at radius 3 is 1.93 bits per heavy atom. The minimum Gasteiger partial charge on any atom is -0.308 e. The van der Waals surface area contributed by atoms with Crippen LogP contribution in [0.1, 0.15) is 35.4 Å². The molecule has 3 aliphatic rings. The summed E-state index contributed by atoms with van der Waals surface area (Å²) >= 11 is 0. The van der Waals surface area contributed by atoms with Gasteiger partial charge >= 0.3 is 0 Å². The minimum absolute atomic E-state index is 0.173. The van der Waals surface area contributed by atoms with E-state index >= 15 is 0 Å². The molecule has 3 saturated heterocycles. The van der Waals surface area contributed by atoms with Crippen molar-refractivity contribution < 1.29 is 4.39 Å². The van der Waals surface area contributed by atoms with Gasteiger partial charge in [-0.25, -0.2) is 4.39 Å². The van der Waals surface area contributed by atoms with Gasteiger partial charge in [0.05, 0.1) is 0 Å². The molecule has 0 amide bonds. The third-order valence-corrected chi connectivity index (χ3v) is 6.99. The van der Waals surface area contributed by atoms with Gasteiger partial charge in [0.2, 0.25) is 0 Å². The van der Waals surface area contributed by atoms with Gasteiger partial charge in [0, 0.05) is 24.5 Å².